The first-order valence-electron chi connectivity index (χ1n) is 10.4. The number of hydrogen-bond donors (Lipinski definition) is 3. The van der Waals surface area contributed by atoms with Crippen molar-refractivity contribution in [3.63, 3.8) is 0 Å². The summed E-state index contributed by atoms with van der Waals surface area (Å²) in [6.45, 7) is 4.97. The van der Waals surface area contributed by atoms with Gasteiger partial charge >= 0.3 is 6.03 Å². The van der Waals surface area contributed by atoms with Crippen LogP contribution in [-0.4, -0.2) is 45.3 Å². The Hall–Kier alpha value is -3.06. The largest absolute Gasteiger partial charge is 0.383 e. The van der Waals surface area contributed by atoms with E-state index in [1.54, 1.807) is 13.2 Å². The number of hydrogen-bond acceptors (Lipinski definition) is 4. The number of para-hydroxylation sites is 1. The van der Waals surface area contributed by atoms with Gasteiger partial charge in [0.1, 0.15) is 0 Å². The SMILES string of the molecule is COCCNC(=O)c1cc(NC(=O)Nc2ccccc2)ccc1N1CCC(C)CC1. The van der Waals surface area contributed by atoms with E-state index < -0.39 is 0 Å². The highest BCUT2D eigenvalue weighted by Gasteiger charge is 2.21. The second kappa shape index (κ2) is 10.6. The van der Waals surface area contributed by atoms with Crippen molar-refractivity contribution in [2.24, 2.45) is 5.92 Å². The van der Waals surface area contributed by atoms with E-state index in [1.807, 2.05) is 42.5 Å². The van der Waals surface area contributed by atoms with Crippen molar-refractivity contribution >= 4 is 29.0 Å². The van der Waals surface area contributed by atoms with Crippen molar-refractivity contribution in [3.8, 4) is 0 Å². The van der Waals surface area contributed by atoms with E-state index in [0.717, 1.165) is 31.6 Å². The molecule has 1 fully saturated rings. The number of rotatable bonds is 7. The van der Waals surface area contributed by atoms with E-state index in [0.29, 0.717) is 36.0 Å². The number of nitrogens with zero attached hydrogens (tertiary/aromatic N) is 1. The van der Waals surface area contributed by atoms with Gasteiger partial charge in [-0.05, 0) is 49.1 Å². The zero-order valence-corrected chi connectivity index (χ0v) is 17.6. The third-order valence-corrected chi connectivity index (χ3v) is 5.25. The summed E-state index contributed by atoms with van der Waals surface area (Å²) in [5.74, 6) is 0.524. The van der Waals surface area contributed by atoms with Gasteiger partial charge in [-0.25, -0.2) is 4.79 Å². The van der Waals surface area contributed by atoms with Gasteiger partial charge in [0.25, 0.3) is 5.91 Å². The van der Waals surface area contributed by atoms with Crippen LogP contribution in [0, 0.1) is 5.92 Å². The minimum absolute atomic E-state index is 0.173. The average molecular weight is 411 g/mol. The van der Waals surface area contributed by atoms with Gasteiger partial charge in [0.05, 0.1) is 12.2 Å². The Bertz CT molecular complexity index is 849. The zero-order chi connectivity index (χ0) is 21.3. The number of anilines is 3. The summed E-state index contributed by atoms with van der Waals surface area (Å²) in [6.07, 6.45) is 2.20. The molecule has 1 aliphatic heterocycles. The quantitative estimate of drug-likeness (QED) is 0.604. The predicted octanol–water partition coefficient (Wildman–Crippen LogP) is 3.94. The lowest BCUT2D eigenvalue weighted by Crippen LogP contribution is -2.35. The molecule has 3 rings (SSSR count). The second-order valence-electron chi connectivity index (χ2n) is 7.60. The Morgan fingerprint density at radius 2 is 1.73 bits per heavy atom. The maximum absolute atomic E-state index is 12.9. The number of ether oxygens (including phenoxy) is 1. The molecule has 0 atom stereocenters. The Kier molecular flexibility index (Phi) is 7.68. The molecule has 30 heavy (non-hydrogen) atoms. The van der Waals surface area contributed by atoms with Gasteiger partial charge in [0, 0.05) is 43.8 Å². The molecule has 2 aromatic carbocycles. The number of piperidine rings is 1. The van der Waals surface area contributed by atoms with Gasteiger partial charge < -0.3 is 25.6 Å². The van der Waals surface area contributed by atoms with Crippen LogP contribution in [0.5, 0.6) is 0 Å². The maximum Gasteiger partial charge on any atom is 0.323 e. The molecular formula is C23H30N4O3. The topological polar surface area (TPSA) is 82.7 Å². The molecule has 0 aliphatic carbocycles. The van der Waals surface area contributed by atoms with E-state index in [1.165, 1.54) is 0 Å². The van der Waals surface area contributed by atoms with Crippen molar-refractivity contribution in [2.45, 2.75) is 19.8 Å². The summed E-state index contributed by atoms with van der Waals surface area (Å²) in [7, 11) is 1.60. The molecule has 0 radical (unpaired) electrons. The normalized spacial score (nSPS) is 14.3. The molecular weight excluding hydrogens is 380 g/mol. The summed E-state index contributed by atoms with van der Waals surface area (Å²) < 4.78 is 5.03. The lowest BCUT2D eigenvalue weighted by atomic mass is 9.98. The highest BCUT2D eigenvalue weighted by atomic mass is 16.5. The maximum atomic E-state index is 12.9. The van der Waals surface area contributed by atoms with Crippen LogP contribution in [0.2, 0.25) is 0 Å². The van der Waals surface area contributed by atoms with Crippen LogP contribution >= 0.6 is 0 Å². The lowest BCUT2D eigenvalue weighted by Gasteiger charge is -2.33. The van der Waals surface area contributed by atoms with E-state index in [2.05, 4.69) is 27.8 Å². The van der Waals surface area contributed by atoms with E-state index in [-0.39, 0.29) is 11.9 Å². The lowest BCUT2D eigenvalue weighted by molar-refractivity contribution is 0.0937. The molecule has 1 aliphatic rings. The number of methoxy groups -OCH3 is 1. The minimum atomic E-state index is -0.355. The van der Waals surface area contributed by atoms with Crippen LogP contribution in [0.1, 0.15) is 30.1 Å². The first kappa shape index (κ1) is 21.6. The van der Waals surface area contributed by atoms with Crippen LogP contribution < -0.4 is 20.9 Å². The molecule has 0 spiro atoms. The highest BCUT2D eigenvalue weighted by Crippen LogP contribution is 2.28. The first-order valence-corrected chi connectivity index (χ1v) is 10.4. The molecule has 7 heteroatoms. The Balaban J connectivity index is 1.76. The molecule has 7 nitrogen and oxygen atoms in total. The monoisotopic (exact) mass is 410 g/mol. The Labute approximate surface area is 177 Å². The molecule has 1 saturated heterocycles. The predicted molar refractivity (Wildman–Crippen MR) is 120 cm³/mol. The third kappa shape index (κ3) is 5.97. The summed E-state index contributed by atoms with van der Waals surface area (Å²) in [6, 6.07) is 14.4. The molecule has 3 N–H and O–H groups in total. The fourth-order valence-electron chi connectivity index (χ4n) is 3.50. The summed E-state index contributed by atoms with van der Waals surface area (Å²) in [5.41, 5.74) is 2.71. The second-order valence-corrected chi connectivity index (χ2v) is 7.60. The fraction of sp³-hybridized carbons (Fsp3) is 0.391. The number of benzene rings is 2. The van der Waals surface area contributed by atoms with Crippen LogP contribution in [-0.2, 0) is 4.74 Å². The van der Waals surface area contributed by atoms with Crippen LogP contribution in [0.15, 0.2) is 48.5 Å². The van der Waals surface area contributed by atoms with Crippen LogP contribution in [0.3, 0.4) is 0 Å². The number of urea groups is 1. The minimum Gasteiger partial charge on any atom is -0.383 e. The summed E-state index contributed by atoms with van der Waals surface area (Å²) in [4.78, 5) is 27.5. The van der Waals surface area contributed by atoms with Gasteiger partial charge in [-0.15, -0.1) is 0 Å². The fourth-order valence-corrected chi connectivity index (χ4v) is 3.50. The standard InChI is InChI=1S/C23H30N4O3/c1-17-10-13-27(14-11-17)21-9-8-19(16-20(21)22(28)24-12-15-30-2)26-23(29)25-18-6-4-3-5-7-18/h3-9,16-17H,10-15H2,1-2H3,(H,24,28)(H2,25,26,29). The van der Waals surface area contributed by atoms with Crippen molar-refractivity contribution < 1.29 is 14.3 Å². The molecule has 0 aromatic heterocycles. The molecule has 2 aromatic rings. The highest BCUT2D eigenvalue weighted by molar-refractivity contribution is 6.04. The van der Waals surface area contributed by atoms with Gasteiger partial charge in [-0.2, -0.15) is 0 Å². The summed E-state index contributed by atoms with van der Waals surface area (Å²) >= 11 is 0. The zero-order valence-electron chi connectivity index (χ0n) is 17.6. The van der Waals surface area contributed by atoms with Gasteiger partial charge in [-0.3, -0.25) is 4.79 Å². The van der Waals surface area contributed by atoms with E-state index in [4.69, 9.17) is 4.74 Å². The van der Waals surface area contributed by atoms with Crippen LogP contribution in [0.25, 0.3) is 0 Å². The average Bonchev–Trinajstić information content (AvgIpc) is 2.75. The number of carbonyl (C=O) groups is 2. The Morgan fingerprint density at radius 1 is 1.03 bits per heavy atom. The number of nitrogens with one attached hydrogen (secondary N) is 3. The Morgan fingerprint density at radius 3 is 2.43 bits per heavy atom. The molecule has 0 bridgehead atoms. The van der Waals surface area contributed by atoms with Crippen molar-refractivity contribution in [1.82, 2.24) is 5.32 Å². The molecule has 0 saturated carbocycles. The molecule has 160 valence electrons. The van der Waals surface area contributed by atoms with Crippen molar-refractivity contribution in [2.75, 3.05) is 48.9 Å². The van der Waals surface area contributed by atoms with Gasteiger partial charge in [0.15, 0.2) is 0 Å². The van der Waals surface area contributed by atoms with Crippen molar-refractivity contribution in [1.29, 1.82) is 0 Å². The van der Waals surface area contributed by atoms with Crippen molar-refractivity contribution in [3.05, 3.63) is 54.1 Å². The number of amides is 3. The van der Waals surface area contributed by atoms with Crippen LogP contribution in [0.4, 0.5) is 21.9 Å². The summed E-state index contributed by atoms with van der Waals surface area (Å²) in [5, 5.41) is 8.49. The first-order chi connectivity index (χ1) is 14.6. The van der Waals surface area contributed by atoms with Gasteiger partial charge in [-0.1, -0.05) is 25.1 Å². The van der Waals surface area contributed by atoms with Gasteiger partial charge in [0.2, 0.25) is 0 Å². The molecule has 0 unspecified atom stereocenters. The molecule has 1 heterocycles. The van der Waals surface area contributed by atoms with E-state index >= 15 is 0 Å². The van der Waals surface area contributed by atoms with E-state index in [9.17, 15) is 9.59 Å². The third-order valence-electron chi connectivity index (χ3n) is 5.25. The number of carbonyl (C=O) groups excluding carboxylic acids is 2. The smallest absolute Gasteiger partial charge is 0.323 e. The molecule has 3 amide bonds.